The summed E-state index contributed by atoms with van der Waals surface area (Å²) in [7, 11) is 3.53. The molecular weight excluding hydrogens is 256 g/mol. The van der Waals surface area contributed by atoms with Gasteiger partial charge in [-0.2, -0.15) is 0 Å². The van der Waals surface area contributed by atoms with Crippen molar-refractivity contribution in [1.29, 1.82) is 0 Å². The molecule has 0 radical (unpaired) electrons. The number of likely N-dealkylation sites (N-methyl/N-ethyl adjacent to an activating group) is 2. The first-order chi connectivity index (χ1) is 9.45. The molecule has 5 nitrogen and oxygen atoms in total. The van der Waals surface area contributed by atoms with Crippen LogP contribution in [-0.4, -0.2) is 62.9 Å². The molecule has 2 unspecified atom stereocenters. The van der Waals surface area contributed by atoms with E-state index in [1.54, 1.807) is 7.11 Å². The Bertz CT molecular complexity index is 274. The lowest BCUT2D eigenvalue weighted by molar-refractivity contribution is -0.150. The van der Waals surface area contributed by atoms with E-state index < -0.39 is 5.54 Å². The van der Waals surface area contributed by atoms with Crippen LogP contribution in [0.5, 0.6) is 0 Å². The molecular formula is C15H32N2O3. The van der Waals surface area contributed by atoms with E-state index in [2.05, 4.69) is 24.1 Å². The number of carbonyl (C=O) groups is 1. The maximum Gasteiger partial charge on any atom is 0.326 e. The number of nitrogens with one attached hydrogen (secondary N) is 1. The van der Waals surface area contributed by atoms with E-state index in [1.165, 1.54) is 0 Å². The lowest BCUT2D eigenvalue weighted by Gasteiger charge is -2.30. The first kappa shape index (κ1) is 19.4. The van der Waals surface area contributed by atoms with E-state index in [9.17, 15) is 4.79 Å². The van der Waals surface area contributed by atoms with Crippen molar-refractivity contribution < 1.29 is 14.3 Å². The average molecular weight is 288 g/mol. The summed E-state index contributed by atoms with van der Waals surface area (Å²) in [6.07, 6.45) is 1.70. The number of carbonyl (C=O) groups excluding carboxylic acids is 1. The lowest BCUT2D eigenvalue weighted by Crippen LogP contribution is -2.49. The lowest BCUT2D eigenvalue weighted by atomic mass is 9.96. The predicted molar refractivity (Wildman–Crippen MR) is 81.9 cm³/mol. The third-order valence-electron chi connectivity index (χ3n) is 3.84. The van der Waals surface area contributed by atoms with Crippen molar-refractivity contribution in [1.82, 2.24) is 10.2 Å². The van der Waals surface area contributed by atoms with Gasteiger partial charge in [0.25, 0.3) is 0 Å². The number of nitrogens with zero attached hydrogens (tertiary/aromatic N) is 1. The smallest absolute Gasteiger partial charge is 0.326 e. The summed E-state index contributed by atoms with van der Waals surface area (Å²) in [5.74, 6) is -0.171. The van der Waals surface area contributed by atoms with Crippen LogP contribution in [0.2, 0.25) is 0 Å². The second-order valence-corrected chi connectivity index (χ2v) is 5.34. The summed E-state index contributed by atoms with van der Waals surface area (Å²) in [6, 6.07) is 0.397. The second kappa shape index (κ2) is 10.1. The third kappa shape index (κ3) is 6.20. The Morgan fingerprint density at radius 2 is 2.05 bits per heavy atom. The van der Waals surface area contributed by atoms with E-state index in [1.807, 2.05) is 20.9 Å². The molecule has 0 aliphatic rings. The summed E-state index contributed by atoms with van der Waals surface area (Å²) in [5.41, 5.74) is -0.597. The van der Waals surface area contributed by atoms with E-state index in [0.717, 1.165) is 32.5 Å². The van der Waals surface area contributed by atoms with Gasteiger partial charge in [0.2, 0.25) is 0 Å². The minimum Gasteiger partial charge on any atom is -0.465 e. The number of hydrogen-bond acceptors (Lipinski definition) is 5. The van der Waals surface area contributed by atoms with E-state index in [0.29, 0.717) is 12.6 Å². The highest BCUT2D eigenvalue weighted by Crippen LogP contribution is 2.15. The molecule has 0 spiro atoms. The summed E-state index contributed by atoms with van der Waals surface area (Å²) in [6.45, 7) is 11.1. The zero-order valence-electron chi connectivity index (χ0n) is 14.0. The normalized spacial score (nSPS) is 15.9. The summed E-state index contributed by atoms with van der Waals surface area (Å²) >= 11 is 0. The van der Waals surface area contributed by atoms with Gasteiger partial charge in [-0.3, -0.25) is 9.69 Å². The van der Waals surface area contributed by atoms with Crippen LogP contribution in [-0.2, 0) is 14.3 Å². The molecule has 0 bridgehead atoms. The fraction of sp³-hybridized carbons (Fsp3) is 0.933. The van der Waals surface area contributed by atoms with E-state index >= 15 is 0 Å². The van der Waals surface area contributed by atoms with Crippen LogP contribution in [0.4, 0.5) is 0 Å². The second-order valence-electron chi connectivity index (χ2n) is 5.34. The van der Waals surface area contributed by atoms with Gasteiger partial charge >= 0.3 is 5.97 Å². The molecule has 120 valence electrons. The standard InChI is InChI=1S/C15H32N2O3/c1-7-17(13(3)12-19-6)11-9-10-15(4,16-5)14(18)20-8-2/h13,16H,7-12H2,1-6H3. The molecule has 0 saturated heterocycles. The molecule has 5 heteroatoms. The quantitative estimate of drug-likeness (QED) is 0.586. The fourth-order valence-corrected chi connectivity index (χ4v) is 2.29. The van der Waals surface area contributed by atoms with Crippen molar-refractivity contribution in [2.75, 3.05) is 40.5 Å². The summed E-state index contributed by atoms with van der Waals surface area (Å²) < 4.78 is 10.3. The monoisotopic (exact) mass is 288 g/mol. The molecule has 0 aromatic carbocycles. The first-order valence-corrected chi connectivity index (χ1v) is 7.54. The van der Waals surface area contributed by atoms with Gasteiger partial charge in [-0.25, -0.2) is 0 Å². The molecule has 0 aliphatic heterocycles. The van der Waals surface area contributed by atoms with Gasteiger partial charge < -0.3 is 14.8 Å². The van der Waals surface area contributed by atoms with Crippen LogP contribution in [0, 0.1) is 0 Å². The third-order valence-corrected chi connectivity index (χ3v) is 3.84. The minimum atomic E-state index is -0.597. The van der Waals surface area contributed by atoms with Crippen LogP contribution >= 0.6 is 0 Å². The molecule has 20 heavy (non-hydrogen) atoms. The Labute approximate surface area is 124 Å². The minimum absolute atomic E-state index is 0.171. The zero-order valence-corrected chi connectivity index (χ0v) is 14.0. The SMILES string of the molecule is CCOC(=O)C(C)(CCCN(CC)C(C)COC)NC. The highest BCUT2D eigenvalue weighted by molar-refractivity contribution is 5.80. The zero-order chi connectivity index (χ0) is 15.6. The maximum absolute atomic E-state index is 12.0. The molecule has 0 fully saturated rings. The van der Waals surface area contributed by atoms with Crippen LogP contribution < -0.4 is 5.32 Å². The van der Waals surface area contributed by atoms with Crippen LogP contribution in [0.15, 0.2) is 0 Å². The molecule has 0 heterocycles. The number of ether oxygens (including phenoxy) is 2. The Morgan fingerprint density at radius 3 is 2.50 bits per heavy atom. The van der Waals surface area contributed by atoms with Gasteiger partial charge in [-0.1, -0.05) is 6.92 Å². The van der Waals surface area contributed by atoms with Gasteiger partial charge in [0, 0.05) is 13.2 Å². The van der Waals surface area contributed by atoms with Crippen LogP contribution in [0.3, 0.4) is 0 Å². The average Bonchev–Trinajstić information content (AvgIpc) is 2.43. The van der Waals surface area contributed by atoms with Gasteiger partial charge in [0.15, 0.2) is 0 Å². The number of rotatable bonds is 11. The van der Waals surface area contributed by atoms with E-state index in [4.69, 9.17) is 9.47 Å². The fourth-order valence-electron chi connectivity index (χ4n) is 2.29. The van der Waals surface area contributed by atoms with Gasteiger partial charge in [-0.15, -0.1) is 0 Å². The molecule has 0 aliphatic carbocycles. The van der Waals surface area contributed by atoms with Gasteiger partial charge in [-0.05, 0) is 53.8 Å². The molecule has 0 aromatic rings. The molecule has 0 rings (SSSR count). The van der Waals surface area contributed by atoms with Crippen molar-refractivity contribution in [2.24, 2.45) is 0 Å². The highest BCUT2D eigenvalue weighted by Gasteiger charge is 2.32. The Morgan fingerprint density at radius 1 is 1.40 bits per heavy atom. The number of methoxy groups -OCH3 is 1. The predicted octanol–water partition coefficient (Wildman–Crippen LogP) is 1.66. The molecule has 0 saturated carbocycles. The molecule has 2 atom stereocenters. The van der Waals surface area contributed by atoms with Gasteiger partial charge in [0.05, 0.1) is 13.2 Å². The van der Waals surface area contributed by atoms with Crippen molar-refractivity contribution in [2.45, 2.75) is 52.1 Å². The molecule has 0 amide bonds. The first-order valence-electron chi connectivity index (χ1n) is 7.54. The number of esters is 1. The van der Waals surface area contributed by atoms with E-state index in [-0.39, 0.29) is 5.97 Å². The maximum atomic E-state index is 12.0. The van der Waals surface area contributed by atoms with Crippen LogP contribution in [0.1, 0.15) is 40.5 Å². The van der Waals surface area contributed by atoms with Crippen molar-refractivity contribution in [3.63, 3.8) is 0 Å². The Kier molecular flexibility index (Phi) is 9.80. The largest absolute Gasteiger partial charge is 0.465 e. The van der Waals surface area contributed by atoms with Crippen molar-refractivity contribution in [3.05, 3.63) is 0 Å². The Balaban J connectivity index is 4.32. The van der Waals surface area contributed by atoms with Crippen molar-refractivity contribution in [3.8, 4) is 0 Å². The number of hydrogen-bond donors (Lipinski definition) is 1. The topological polar surface area (TPSA) is 50.8 Å². The van der Waals surface area contributed by atoms with Gasteiger partial charge in [0.1, 0.15) is 5.54 Å². The summed E-state index contributed by atoms with van der Waals surface area (Å²) in [4.78, 5) is 14.3. The summed E-state index contributed by atoms with van der Waals surface area (Å²) in [5, 5.41) is 3.09. The highest BCUT2D eigenvalue weighted by atomic mass is 16.5. The van der Waals surface area contributed by atoms with Crippen molar-refractivity contribution >= 4 is 5.97 Å². The molecule has 0 aromatic heterocycles. The van der Waals surface area contributed by atoms with Crippen LogP contribution in [0.25, 0.3) is 0 Å². The Hall–Kier alpha value is -0.650. The molecule has 1 N–H and O–H groups in total.